The summed E-state index contributed by atoms with van der Waals surface area (Å²) in [6.07, 6.45) is 3.29. The number of hydrogen-bond donors (Lipinski definition) is 2. The zero-order valence-electron chi connectivity index (χ0n) is 11.3. The summed E-state index contributed by atoms with van der Waals surface area (Å²) in [4.78, 5) is 19.8. The molecular weight excluding hydrogens is 232 g/mol. The molecule has 0 aromatic carbocycles. The minimum atomic E-state index is -0.440. The highest BCUT2D eigenvalue weighted by atomic mass is 16.5. The van der Waals surface area contributed by atoms with Gasteiger partial charge < -0.3 is 15.4 Å². The van der Waals surface area contributed by atoms with Gasteiger partial charge in [0, 0.05) is 12.6 Å². The van der Waals surface area contributed by atoms with Crippen molar-refractivity contribution in [2.24, 2.45) is 0 Å². The number of esters is 1. The maximum Gasteiger partial charge on any atom is 0.328 e. The van der Waals surface area contributed by atoms with Gasteiger partial charge in [-0.1, -0.05) is 13.3 Å². The van der Waals surface area contributed by atoms with E-state index in [1.54, 1.807) is 6.92 Å². The van der Waals surface area contributed by atoms with Crippen LogP contribution in [0.2, 0.25) is 0 Å². The van der Waals surface area contributed by atoms with Gasteiger partial charge in [-0.3, -0.25) is 0 Å². The van der Waals surface area contributed by atoms with Gasteiger partial charge in [0.05, 0.1) is 7.11 Å². The maximum atomic E-state index is 11.4. The van der Waals surface area contributed by atoms with Crippen LogP contribution in [0.4, 0.5) is 11.6 Å². The highest BCUT2D eigenvalue weighted by molar-refractivity contribution is 5.79. The summed E-state index contributed by atoms with van der Waals surface area (Å²) < 4.78 is 4.68. The molecule has 0 aliphatic rings. The van der Waals surface area contributed by atoms with Crippen molar-refractivity contribution in [1.29, 1.82) is 0 Å². The van der Waals surface area contributed by atoms with Crippen molar-refractivity contribution >= 4 is 17.6 Å². The van der Waals surface area contributed by atoms with Crippen LogP contribution in [-0.4, -0.2) is 36.1 Å². The second-order valence-corrected chi connectivity index (χ2v) is 3.94. The van der Waals surface area contributed by atoms with Crippen LogP contribution in [0, 0.1) is 0 Å². The molecule has 0 spiro atoms. The normalized spacial score (nSPS) is 11.8. The molecule has 0 amide bonds. The number of aromatic nitrogens is 2. The molecule has 1 heterocycles. The smallest absolute Gasteiger partial charge is 0.328 e. The number of ether oxygens (including phenoxy) is 1. The zero-order valence-corrected chi connectivity index (χ0v) is 11.3. The van der Waals surface area contributed by atoms with E-state index in [-0.39, 0.29) is 5.97 Å². The average molecular weight is 252 g/mol. The van der Waals surface area contributed by atoms with Gasteiger partial charge in [0.1, 0.15) is 24.0 Å². The van der Waals surface area contributed by atoms with Crippen molar-refractivity contribution < 1.29 is 9.53 Å². The van der Waals surface area contributed by atoms with E-state index in [0.29, 0.717) is 5.82 Å². The summed E-state index contributed by atoms with van der Waals surface area (Å²) in [6.45, 7) is 3.82. The third-order valence-electron chi connectivity index (χ3n) is 2.59. The van der Waals surface area contributed by atoms with Crippen LogP contribution < -0.4 is 10.6 Å². The molecule has 0 fully saturated rings. The van der Waals surface area contributed by atoms with Crippen LogP contribution in [0.25, 0.3) is 0 Å². The molecule has 1 atom stereocenters. The molecular formula is C12H20N4O2. The van der Waals surface area contributed by atoms with Gasteiger partial charge in [0.25, 0.3) is 0 Å². The average Bonchev–Trinajstić information content (AvgIpc) is 2.39. The van der Waals surface area contributed by atoms with E-state index >= 15 is 0 Å². The lowest BCUT2D eigenvalue weighted by molar-refractivity contribution is -0.141. The molecule has 0 aliphatic heterocycles. The van der Waals surface area contributed by atoms with Crippen LogP contribution in [0.15, 0.2) is 6.33 Å². The van der Waals surface area contributed by atoms with Crippen molar-refractivity contribution in [3.8, 4) is 0 Å². The van der Waals surface area contributed by atoms with Crippen LogP contribution in [0.5, 0.6) is 0 Å². The van der Waals surface area contributed by atoms with E-state index in [0.717, 1.165) is 24.2 Å². The summed E-state index contributed by atoms with van der Waals surface area (Å²) in [5.41, 5.74) is 0.984. The molecule has 18 heavy (non-hydrogen) atoms. The van der Waals surface area contributed by atoms with E-state index < -0.39 is 6.04 Å². The maximum absolute atomic E-state index is 11.4. The number of nitrogens with zero attached hydrogens (tertiary/aromatic N) is 2. The minimum absolute atomic E-state index is 0.318. The van der Waals surface area contributed by atoms with E-state index in [2.05, 4.69) is 32.3 Å². The number of rotatable bonds is 6. The molecule has 0 aliphatic carbocycles. The first-order valence-corrected chi connectivity index (χ1v) is 6.00. The molecule has 6 nitrogen and oxygen atoms in total. The summed E-state index contributed by atoms with van der Waals surface area (Å²) in [5, 5.41) is 6.08. The predicted molar refractivity (Wildman–Crippen MR) is 70.7 cm³/mol. The fourth-order valence-corrected chi connectivity index (χ4v) is 1.68. The molecule has 1 aromatic rings. The second kappa shape index (κ2) is 6.78. The number of carbonyl (C=O) groups is 1. The third kappa shape index (κ3) is 3.32. The first-order chi connectivity index (χ1) is 8.63. The molecule has 0 saturated carbocycles. The van der Waals surface area contributed by atoms with E-state index in [4.69, 9.17) is 0 Å². The van der Waals surface area contributed by atoms with Gasteiger partial charge in [-0.25, -0.2) is 14.8 Å². The van der Waals surface area contributed by atoms with Crippen LogP contribution >= 0.6 is 0 Å². The number of hydrogen-bond acceptors (Lipinski definition) is 6. The Bertz CT molecular complexity index is 409. The summed E-state index contributed by atoms with van der Waals surface area (Å²) in [5.74, 6) is 1.14. The Labute approximate surface area is 107 Å². The van der Waals surface area contributed by atoms with Crippen LogP contribution in [0.3, 0.4) is 0 Å². The Balaban J connectivity index is 2.96. The van der Waals surface area contributed by atoms with Crippen molar-refractivity contribution in [1.82, 2.24) is 9.97 Å². The first kappa shape index (κ1) is 14.2. The SMILES string of the molecule is CCCc1c(NC)ncnc1NC(C)C(=O)OC. The van der Waals surface area contributed by atoms with Gasteiger partial charge >= 0.3 is 5.97 Å². The highest BCUT2D eigenvalue weighted by Crippen LogP contribution is 2.21. The molecule has 0 saturated heterocycles. The molecule has 1 aromatic heterocycles. The number of nitrogens with one attached hydrogen (secondary N) is 2. The third-order valence-corrected chi connectivity index (χ3v) is 2.59. The molecule has 1 rings (SSSR count). The topological polar surface area (TPSA) is 76.1 Å². The van der Waals surface area contributed by atoms with Gasteiger partial charge in [-0.15, -0.1) is 0 Å². The van der Waals surface area contributed by atoms with Crippen molar-refractivity contribution in [3.05, 3.63) is 11.9 Å². The van der Waals surface area contributed by atoms with E-state index in [1.165, 1.54) is 13.4 Å². The molecule has 2 N–H and O–H groups in total. The second-order valence-electron chi connectivity index (χ2n) is 3.94. The zero-order chi connectivity index (χ0) is 13.5. The monoisotopic (exact) mass is 252 g/mol. The van der Waals surface area contributed by atoms with E-state index in [9.17, 15) is 4.79 Å². The lowest BCUT2D eigenvalue weighted by atomic mass is 10.1. The van der Waals surface area contributed by atoms with Gasteiger partial charge in [0.15, 0.2) is 0 Å². The Morgan fingerprint density at radius 1 is 1.44 bits per heavy atom. The van der Waals surface area contributed by atoms with Gasteiger partial charge in [-0.2, -0.15) is 0 Å². The van der Waals surface area contributed by atoms with Gasteiger partial charge in [0.2, 0.25) is 0 Å². The summed E-state index contributed by atoms with van der Waals surface area (Å²) >= 11 is 0. The number of anilines is 2. The standard InChI is InChI=1S/C12H20N4O2/c1-5-6-9-10(13-3)14-7-15-11(9)16-8(2)12(17)18-4/h7-8H,5-6H2,1-4H3,(H2,13,14,15,16). The lowest BCUT2D eigenvalue weighted by Crippen LogP contribution is -2.28. The Morgan fingerprint density at radius 3 is 2.67 bits per heavy atom. The minimum Gasteiger partial charge on any atom is -0.467 e. The predicted octanol–water partition coefficient (Wildman–Crippen LogP) is 1.44. The van der Waals surface area contributed by atoms with Crippen molar-refractivity contribution in [3.63, 3.8) is 0 Å². The first-order valence-electron chi connectivity index (χ1n) is 6.00. The van der Waals surface area contributed by atoms with Crippen LogP contribution in [-0.2, 0) is 16.0 Å². The lowest BCUT2D eigenvalue weighted by Gasteiger charge is -2.16. The molecule has 0 bridgehead atoms. The van der Waals surface area contributed by atoms with Gasteiger partial charge in [-0.05, 0) is 13.3 Å². The van der Waals surface area contributed by atoms with Crippen molar-refractivity contribution in [2.45, 2.75) is 32.7 Å². The Morgan fingerprint density at radius 2 is 2.11 bits per heavy atom. The quantitative estimate of drug-likeness (QED) is 0.746. The van der Waals surface area contributed by atoms with Crippen LogP contribution in [0.1, 0.15) is 25.8 Å². The molecule has 100 valence electrons. The number of methoxy groups -OCH3 is 1. The van der Waals surface area contributed by atoms with Crippen molar-refractivity contribution in [2.75, 3.05) is 24.8 Å². The Kier molecular flexibility index (Phi) is 5.35. The molecule has 1 unspecified atom stereocenters. The highest BCUT2D eigenvalue weighted by Gasteiger charge is 2.17. The Hall–Kier alpha value is -1.85. The fourth-order valence-electron chi connectivity index (χ4n) is 1.68. The fraction of sp³-hybridized carbons (Fsp3) is 0.583. The molecule has 6 heteroatoms. The van der Waals surface area contributed by atoms with E-state index in [1.807, 2.05) is 7.05 Å². The summed E-state index contributed by atoms with van der Waals surface area (Å²) in [6, 6.07) is -0.440. The summed E-state index contributed by atoms with van der Waals surface area (Å²) in [7, 11) is 3.18. The largest absolute Gasteiger partial charge is 0.467 e. The number of carbonyl (C=O) groups excluding carboxylic acids is 1. The molecule has 0 radical (unpaired) electrons.